The Morgan fingerprint density at radius 1 is 1.43 bits per heavy atom. The first kappa shape index (κ1) is 13.6. The normalized spacial score (nSPS) is 20.6. The maximum Gasteiger partial charge on any atom is 0.310 e. The summed E-state index contributed by atoms with van der Waals surface area (Å²) in [5, 5.41) is 17.3. The van der Waals surface area contributed by atoms with Crippen LogP contribution in [0.5, 0.6) is 0 Å². The highest BCUT2D eigenvalue weighted by Crippen LogP contribution is 2.25. The highest BCUT2D eigenvalue weighted by Gasteiger charge is 2.26. The summed E-state index contributed by atoms with van der Waals surface area (Å²) in [6.07, 6.45) is 3.64. The standard InChI is InChI=1S/C14H12N2O4S/c17-13(15-9-4-3-8(6-9)14(18)19)10-7-11(20-16-10)12-2-1-5-21-12/h1-5,7-9H,6H2,(H,15,17)(H,18,19). The van der Waals surface area contributed by atoms with Crippen LogP contribution >= 0.6 is 11.3 Å². The molecule has 2 heterocycles. The van der Waals surface area contributed by atoms with Crippen molar-refractivity contribution < 1.29 is 19.2 Å². The van der Waals surface area contributed by atoms with Crippen molar-refractivity contribution in [3.05, 3.63) is 41.4 Å². The van der Waals surface area contributed by atoms with E-state index in [1.807, 2.05) is 17.5 Å². The topological polar surface area (TPSA) is 92.4 Å². The van der Waals surface area contributed by atoms with Crippen LogP contribution in [-0.4, -0.2) is 28.2 Å². The van der Waals surface area contributed by atoms with Gasteiger partial charge in [-0.05, 0) is 17.9 Å². The zero-order valence-electron chi connectivity index (χ0n) is 10.9. The Morgan fingerprint density at radius 3 is 2.95 bits per heavy atom. The molecule has 2 N–H and O–H groups in total. The number of nitrogens with zero attached hydrogens (tertiary/aromatic N) is 1. The lowest BCUT2D eigenvalue weighted by Crippen LogP contribution is -2.33. The molecular weight excluding hydrogens is 292 g/mol. The highest BCUT2D eigenvalue weighted by atomic mass is 32.1. The Kier molecular flexibility index (Phi) is 3.57. The molecule has 7 heteroatoms. The third-order valence-electron chi connectivity index (χ3n) is 3.22. The number of hydrogen-bond donors (Lipinski definition) is 2. The molecular formula is C14H12N2O4S. The molecule has 3 rings (SSSR count). The van der Waals surface area contributed by atoms with Gasteiger partial charge in [-0.2, -0.15) is 0 Å². The first-order valence-corrected chi connectivity index (χ1v) is 7.24. The Hall–Kier alpha value is -2.41. The van der Waals surface area contributed by atoms with Crippen molar-refractivity contribution >= 4 is 23.2 Å². The van der Waals surface area contributed by atoms with E-state index >= 15 is 0 Å². The summed E-state index contributed by atoms with van der Waals surface area (Å²) in [6, 6.07) is 5.05. The molecule has 2 unspecified atom stereocenters. The lowest BCUT2D eigenvalue weighted by molar-refractivity contribution is -0.140. The molecule has 2 aromatic rings. The van der Waals surface area contributed by atoms with Gasteiger partial charge in [-0.15, -0.1) is 11.3 Å². The van der Waals surface area contributed by atoms with Crippen LogP contribution < -0.4 is 5.32 Å². The Morgan fingerprint density at radius 2 is 2.29 bits per heavy atom. The summed E-state index contributed by atoms with van der Waals surface area (Å²) in [4.78, 5) is 23.8. The summed E-state index contributed by atoms with van der Waals surface area (Å²) >= 11 is 1.50. The fourth-order valence-corrected chi connectivity index (χ4v) is 2.82. The van der Waals surface area contributed by atoms with Gasteiger partial charge in [0, 0.05) is 12.1 Å². The fraction of sp³-hybridized carbons (Fsp3) is 0.214. The van der Waals surface area contributed by atoms with Crippen molar-refractivity contribution in [3.8, 4) is 10.6 Å². The second-order valence-electron chi connectivity index (χ2n) is 4.70. The van der Waals surface area contributed by atoms with Gasteiger partial charge < -0.3 is 14.9 Å². The number of aromatic nitrogens is 1. The first-order valence-electron chi connectivity index (χ1n) is 6.36. The number of carbonyl (C=O) groups is 2. The molecule has 108 valence electrons. The molecule has 2 aromatic heterocycles. The third kappa shape index (κ3) is 2.87. The lowest BCUT2D eigenvalue weighted by atomic mass is 10.1. The van der Waals surface area contributed by atoms with E-state index in [4.69, 9.17) is 9.63 Å². The van der Waals surface area contributed by atoms with Crippen LogP contribution in [0, 0.1) is 5.92 Å². The van der Waals surface area contributed by atoms with Gasteiger partial charge >= 0.3 is 5.97 Å². The predicted molar refractivity (Wildman–Crippen MR) is 76.0 cm³/mol. The summed E-state index contributed by atoms with van der Waals surface area (Å²) in [5.74, 6) is -1.26. The van der Waals surface area contributed by atoms with Crippen molar-refractivity contribution in [1.82, 2.24) is 10.5 Å². The van der Waals surface area contributed by atoms with E-state index in [2.05, 4.69) is 10.5 Å². The molecule has 21 heavy (non-hydrogen) atoms. The molecule has 6 nitrogen and oxygen atoms in total. The van der Waals surface area contributed by atoms with Crippen molar-refractivity contribution in [2.24, 2.45) is 5.92 Å². The smallest absolute Gasteiger partial charge is 0.310 e. The Labute approximate surface area is 124 Å². The van der Waals surface area contributed by atoms with Gasteiger partial charge in [0.1, 0.15) is 0 Å². The number of carboxylic acid groups (broad SMARTS) is 1. The molecule has 0 fully saturated rings. The van der Waals surface area contributed by atoms with Crippen LogP contribution in [0.15, 0.2) is 40.3 Å². The summed E-state index contributed by atoms with van der Waals surface area (Å²) in [7, 11) is 0. The molecule has 1 aliphatic rings. The quantitative estimate of drug-likeness (QED) is 0.844. The van der Waals surface area contributed by atoms with E-state index in [0.29, 0.717) is 12.2 Å². The molecule has 0 spiro atoms. The number of hydrogen-bond acceptors (Lipinski definition) is 5. The zero-order valence-corrected chi connectivity index (χ0v) is 11.7. The van der Waals surface area contributed by atoms with E-state index < -0.39 is 11.9 Å². The van der Waals surface area contributed by atoms with Gasteiger partial charge in [0.05, 0.1) is 10.8 Å². The van der Waals surface area contributed by atoms with Crippen molar-refractivity contribution in [3.63, 3.8) is 0 Å². The molecule has 0 saturated heterocycles. The van der Waals surface area contributed by atoms with Crippen LogP contribution in [0.1, 0.15) is 16.9 Å². The van der Waals surface area contributed by atoms with E-state index in [-0.39, 0.29) is 17.6 Å². The van der Waals surface area contributed by atoms with Gasteiger partial charge in [-0.3, -0.25) is 9.59 Å². The molecule has 0 saturated carbocycles. The van der Waals surface area contributed by atoms with E-state index in [9.17, 15) is 9.59 Å². The summed E-state index contributed by atoms with van der Waals surface area (Å²) < 4.78 is 5.14. The van der Waals surface area contributed by atoms with Gasteiger partial charge in [-0.1, -0.05) is 23.4 Å². The van der Waals surface area contributed by atoms with Gasteiger partial charge in [0.25, 0.3) is 5.91 Å². The number of rotatable bonds is 4. The second kappa shape index (κ2) is 5.53. The van der Waals surface area contributed by atoms with Crippen molar-refractivity contribution in [2.45, 2.75) is 12.5 Å². The first-order chi connectivity index (χ1) is 10.1. The van der Waals surface area contributed by atoms with Crippen LogP contribution in [0.25, 0.3) is 10.6 Å². The van der Waals surface area contributed by atoms with Crippen LogP contribution in [0.3, 0.4) is 0 Å². The average Bonchev–Trinajstić information content (AvgIpc) is 3.19. The number of carbonyl (C=O) groups excluding carboxylic acids is 1. The van der Waals surface area contributed by atoms with E-state index in [0.717, 1.165) is 4.88 Å². The third-order valence-corrected chi connectivity index (χ3v) is 4.11. The molecule has 0 aliphatic heterocycles. The SMILES string of the molecule is O=C(NC1C=CC(C(=O)O)C1)c1cc(-c2cccs2)on1. The largest absolute Gasteiger partial charge is 0.481 e. The van der Waals surface area contributed by atoms with Gasteiger partial charge in [-0.25, -0.2) is 0 Å². The number of amides is 1. The second-order valence-corrected chi connectivity index (χ2v) is 5.65. The van der Waals surface area contributed by atoms with Crippen molar-refractivity contribution in [1.29, 1.82) is 0 Å². The minimum atomic E-state index is -0.885. The van der Waals surface area contributed by atoms with Gasteiger partial charge in [0.15, 0.2) is 11.5 Å². The minimum Gasteiger partial charge on any atom is -0.481 e. The molecule has 1 amide bonds. The molecule has 1 aliphatic carbocycles. The number of aliphatic carboxylic acids is 1. The maximum absolute atomic E-state index is 12.0. The lowest BCUT2D eigenvalue weighted by Gasteiger charge is -2.10. The molecule has 2 atom stereocenters. The number of nitrogens with one attached hydrogen (secondary N) is 1. The van der Waals surface area contributed by atoms with Crippen LogP contribution in [0.2, 0.25) is 0 Å². The van der Waals surface area contributed by atoms with E-state index in [1.165, 1.54) is 11.3 Å². The molecule has 0 bridgehead atoms. The Balaban J connectivity index is 1.64. The summed E-state index contributed by atoms with van der Waals surface area (Å²) in [5.41, 5.74) is 0.186. The number of thiophene rings is 1. The van der Waals surface area contributed by atoms with Crippen molar-refractivity contribution in [2.75, 3.05) is 0 Å². The average molecular weight is 304 g/mol. The van der Waals surface area contributed by atoms with E-state index in [1.54, 1.807) is 18.2 Å². The summed E-state index contributed by atoms with van der Waals surface area (Å²) in [6.45, 7) is 0. The fourth-order valence-electron chi connectivity index (χ4n) is 2.15. The Bertz CT molecular complexity index is 690. The monoisotopic (exact) mass is 304 g/mol. The maximum atomic E-state index is 12.0. The molecule has 0 aromatic carbocycles. The predicted octanol–water partition coefficient (Wildman–Crippen LogP) is 2.16. The van der Waals surface area contributed by atoms with Gasteiger partial charge in [0.2, 0.25) is 0 Å². The van der Waals surface area contributed by atoms with Crippen LogP contribution in [0.4, 0.5) is 0 Å². The minimum absolute atomic E-state index is 0.186. The number of carboxylic acids is 1. The highest BCUT2D eigenvalue weighted by molar-refractivity contribution is 7.13. The molecule has 0 radical (unpaired) electrons. The zero-order chi connectivity index (χ0) is 14.8. The van der Waals surface area contributed by atoms with Crippen LogP contribution in [-0.2, 0) is 4.79 Å².